The number of hydrogen-bond donors (Lipinski definition) is 1. The van der Waals surface area contributed by atoms with Gasteiger partial charge in [0.2, 0.25) is 10.0 Å². The second-order valence-electron chi connectivity index (χ2n) is 2.46. The molecule has 0 fully saturated rings. The van der Waals surface area contributed by atoms with E-state index in [1.54, 1.807) is 6.92 Å². The normalized spacial score (nSPS) is 11.6. The number of benzene rings is 1. The molecule has 0 radical (unpaired) electrons. The van der Waals surface area contributed by atoms with Gasteiger partial charge in [0.15, 0.2) is 0 Å². The van der Waals surface area contributed by atoms with Crippen LogP contribution in [0.1, 0.15) is 5.56 Å². The van der Waals surface area contributed by atoms with E-state index in [1.807, 2.05) is 0 Å². The van der Waals surface area contributed by atoms with Crippen molar-refractivity contribution in [3.8, 4) is 0 Å². The van der Waals surface area contributed by atoms with E-state index in [4.69, 9.17) is 16.7 Å². The van der Waals surface area contributed by atoms with Gasteiger partial charge in [-0.05, 0) is 30.7 Å². The summed E-state index contributed by atoms with van der Waals surface area (Å²) in [5.41, 5.74) is 0.697. The lowest BCUT2D eigenvalue weighted by Crippen LogP contribution is -2.12. The standard InChI is InChI=1S/C7H8ClNO2S/c1-5-4-6(12(9,10)11)2-3-7(5)8/h2-4H,1H3,(H2,9,10,11). The molecule has 0 bridgehead atoms. The average molecular weight is 206 g/mol. The first kappa shape index (κ1) is 9.51. The molecule has 66 valence electrons. The Balaban J connectivity index is 3.33. The Morgan fingerprint density at radius 3 is 2.42 bits per heavy atom. The van der Waals surface area contributed by atoms with Crippen molar-refractivity contribution in [1.29, 1.82) is 0 Å². The summed E-state index contributed by atoms with van der Waals surface area (Å²) < 4.78 is 21.7. The molecule has 12 heavy (non-hydrogen) atoms. The van der Waals surface area contributed by atoms with Crippen LogP contribution in [0.4, 0.5) is 0 Å². The molecule has 0 aliphatic heterocycles. The number of hydrogen-bond acceptors (Lipinski definition) is 2. The van der Waals surface area contributed by atoms with Gasteiger partial charge in [-0.15, -0.1) is 0 Å². The molecule has 5 heteroatoms. The van der Waals surface area contributed by atoms with Gasteiger partial charge in [0, 0.05) is 5.02 Å². The lowest BCUT2D eigenvalue weighted by Gasteiger charge is -2.00. The predicted octanol–water partition coefficient (Wildman–Crippen LogP) is 1.30. The van der Waals surface area contributed by atoms with Gasteiger partial charge in [-0.3, -0.25) is 0 Å². The molecule has 1 aromatic rings. The van der Waals surface area contributed by atoms with E-state index < -0.39 is 10.0 Å². The van der Waals surface area contributed by atoms with Gasteiger partial charge >= 0.3 is 0 Å². The van der Waals surface area contributed by atoms with E-state index in [2.05, 4.69) is 0 Å². The monoisotopic (exact) mass is 205 g/mol. The van der Waals surface area contributed by atoms with Gasteiger partial charge in [0.25, 0.3) is 0 Å². The number of rotatable bonds is 1. The predicted molar refractivity (Wildman–Crippen MR) is 47.6 cm³/mol. The number of primary sulfonamides is 1. The van der Waals surface area contributed by atoms with Crippen LogP contribution in [-0.2, 0) is 10.0 Å². The highest BCUT2D eigenvalue weighted by molar-refractivity contribution is 7.89. The summed E-state index contributed by atoms with van der Waals surface area (Å²) in [7, 11) is -3.60. The van der Waals surface area contributed by atoms with Crippen molar-refractivity contribution in [2.45, 2.75) is 11.8 Å². The van der Waals surface area contributed by atoms with Crippen LogP contribution < -0.4 is 5.14 Å². The van der Waals surface area contributed by atoms with Crippen molar-refractivity contribution in [1.82, 2.24) is 0 Å². The van der Waals surface area contributed by atoms with E-state index in [0.717, 1.165) is 0 Å². The zero-order chi connectivity index (χ0) is 9.35. The second-order valence-corrected chi connectivity index (χ2v) is 4.42. The van der Waals surface area contributed by atoms with Crippen LogP contribution >= 0.6 is 11.6 Å². The van der Waals surface area contributed by atoms with E-state index in [0.29, 0.717) is 10.6 Å². The topological polar surface area (TPSA) is 60.2 Å². The highest BCUT2D eigenvalue weighted by Gasteiger charge is 2.07. The van der Waals surface area contributed by atoms with E-state index in [9.17, 15) is 8.42 Å². The molecule has 0 atom stereocenters. The highest BCUT2D eigenvalue weighted by atomic mass is 35.5. The summed E-state index contributed by atoms with van der Waals surface area (Å²) in [6, 6.07) is 4.33. The van der Waals surface area contributed by atoms with E-state index in [-0.39, 0.29) is 4.90 Å². The Morgan fingerprint density at radius 1 is 1.42 bits per heavy atom. The average Bonchev–Trinajstić information content (AvgIpc) is 1.92. The molecular formula is C7H8ClNO2S. The number of nitrogens with two attached hydrogens (primary N) is 1. The number of sulfonamides is 1. The second kappa shape index (κ2) is 3.05. The molecule has 0 spiro atoms. The summed E-state index contributed by atoms with van der Waals surface area (Å²) in [5, 5.41) is 5.43. The SMILES string of the molecule is Cc1cc(S(N)(=O)=O)ccc1Cl. The van der Waals surface area contributed by atoms with E-state index in [1.165, 1.54) is 18.2 Å². The van der Waals surface area contributed by atoms with Gasteiger partial charge in [-0.1, -0.05) is 11.6 Å². The maximum atomic E-state index is 10.8. The molecular weight excluding hydrogens is 198 g/mol. The van der Waals surface area contributed by atoms with Gasteiger partial charge < -0.3 is 0 Å². The molecule has 0 amide bonds. The molecule has 1 rings (SSSR count). The van der Waals surface area contributed by atoms with E-state index >= 15 is 0 Å². The molecule has 3 nitrogen and oxygen atoms in total. The fourth-order valence-electron chi connectivity index (χ4n) is 0.794. The van der Waals surface area contributed by atoms with Crippen LogP contribution in [0.25, 0.3) is 0 Å². The van der Waals surface area contributed by atoms with Gasteiger partial charge in [-0.25, -0.2) is 13.6 Å². The summed E-state index contributed by atoms with van der Waals surface area (Å²) in [5.74, 6) is 0. The van der Waals surface area contributed by atoms with Crippen LogP contribution in [-0.4, -0.2) is 8.42 Å². The van der Waals surface area contributed by atoms with Gasteiger partial charge in [0.05, 0.1) is 4.90 Å². The first-order valence-electron chi connectivity index (χ1n) is 3.20. The Morgan fingerprint density at radius 2 is 2.00 bits per heavy atom. The summed E-state index contributed by atoms with van der Waals surface area (Å²) in [6.45, 7) is 1.72. The number of halogens is 1. The summed E-state index contributed by atoms with van der Waals surface area (Å²) in [4.78, 5) is 0.0874. The Labute approximate surface area is 76.2 Å². The molecule has 0 saturated carbocycles. The van der Waals surface area contributed by atoms with Crippen LogP contribution in [0.5, 0.6) is 0 Å². The third-order valence-electron chi connectivity index (χ3n) is 1.46. The molecule has 0 aliphatic rings. The molecule has 0 unspecified atom stereocenters. The first-order valence-corrected chi connectivity index (χ1v) is 5.12. The maximum absolute atomic E-state index is 10.8. The molecule has 1 aromatic carbocycles. The lowest BCUT2D eigenvalue weighted by atomic mass is 10.2. The first-order chi connectivity index (χ1) is 5.41. The molecule has 0 saturated heterocycles. The third kappa shape index (κ3) is 1.97. The van der Waals surface area contributed by atoms with Crippen LogP contribution in [0.15, 0.2) is 23.1 Å². The van der Waals surface area contributed by atoms with Crippen LogP contribution in [0.3, 0.4) is 0 Å². The smallest absolute Gasteiger partial charge is 0.225 e. The Kier molecular flexibility index (Phi) is 2.41. The summed E-state index contributed by atoms with van der Waals surface area (Å²) >= 11 is 5.70. The zero-order valence-corrected chi connectivity index (χ0v) is 7.98. The van der Waals surface area contributed by atoms with Crippen LogP contribution in [0.2, 0.25) is 5.02 Å². The van der Waals surface area contributed by atoms with Gasteiger partial charge in [0.1, 0.15) is 0 Å². The summed E-state index contributed by atoms with van der Waals surface area (Å²) in [6.07, 6.45) is 0. The lowest BCUT2D eigenvalue weighted by molar-refractivity contribution is 0.597. The van der Waals surface area contributed by atoms with Crippen molar-refractivity contribution in [3.05, 3.63) is 28.8 Å². The fraction of sp³-hybridized carbons (Fsp3) is 0.143. The molecule has 2 N–H and O–H groups in total. The van der Waals surface area contributed by atoms with Crippen molar-refractivity contribution >= 4 is 21.6 Å². The van der Waals surface area contributed by atoms with Gasteiger partial charge in [-0.2, -0.15) is 0 Å². The van der Waals surface area contributed by atoms with Crippen molar-refractivity contribution in [2.24, 2.45) is 5.14 Å². The van der Waals surface area contributed by atoms with Crippen molar-refractivity contribution in [2.75, 3.05) is 0 Å². The van der Waals surface area contributed by atoms with Crippen molar-refractivity contribution < 1.29 is 8.42 Å². The molecule has 0 aromatic heterocycles. The quantitative estimate of drug-likeness (QED) is 0.751. The zero-order valence-electron chi connectivity index (χ0n) is 6.41. The minimum Gasteiger partial charge on any atom is -0.225 e. The highest BCUT2D eigenvalue weighted by Crippen LogP contribution is 2.18. The minimum absolute atomic E-state index is 0.0874. The Hall–Kier alpha value is -0.580. The fourth-order valence-corrected chi connectivity index (χ4v) is 1.51. The Bertz CT molecular complexity index is 400. The number of aryl methyl sites for hydroxylation is 1. The third-order valence-corrected chi connectivity index (χ3v) is 2.79. The minimum atomic E-state index is -3.60. The van der Waals surface area contributed by atoms with Crippen molar-refractivity contribution in [3.63, 3.8) is 0 Å². The molecule has 0 aliphatic carbocycles. The largest absolute Gasteiger partial charge is 0.238 e. The van der Waals surface area contributed by atoms with Crippen LogP contribution in [0, 0.1) is 6.92 Å². The maximum Gasteiger partial charge on any atom is 0.238 e. The molecule has 0 heterocycles.